The van der Waals surface area contributed by atoms with E-state index in [4.69, 9.17) is 21.1 Å². The zero-order valence-electron chi connectivity index (χ0n) is 13.6. The highest BCUT2D eigenvalue weighted by atomic mass is 35.5. The number of pyridine rings is 1. The summed E-state index contributed by atoms with van der Waals surface area (Å²) in [4.78, 5) is 16.1. The van der Waals surface area contributed by atoms with Crippen LogP contribution in [0.4, 0.5) is 0 Å². The normalized spacial score (nSPS) is 10.2. The van der Waals surface area contributed by atoms with Crippen LogP contribution in [-0.2, 0) is 11.3 Å². The topological polar surface area (TPSA) is 60.5 Å². The van der Waals surface area contributed by atoms with E-state index in [1.54, 1.807) is 18.3 Å². The van der Waals surface area contributed by atoms with Crippen molar-refractivity contribution in [3.8, 4) is 11.6 Å². The molecule has 0 unspecified atom stereocenters. The molecule has 0 fully saturated rings. The van der Waals surface area contributed by atoms with Crippen molar-refractivity contribution < 1.29 is 14.3 Å². The number of nitrogens with one attached hydrogen (secondary N) is 1. The minimum Gasteiger partial charge on any atom is -0.491 e. The van der Waals surface area contributed by atoms with Gasteiger partial charge < -0.3 is 14.8 Å². The number of hydrogen-bond acceptors (Lipinski definition) is 4. The van der Waals surface area contributed by atoms with Crippen LogP contribution < -0.4 is 14.8 Å². The van der Waals surface area contributed by atoms with Crippen molar-refractivity contribution in [2.75, 3.05) is 13.2 Å². The Balaban J connectivity index is 1.76. The fourth-order valence-corrected chi connectivity index (χ4v) is 2.18. The van der Waals surface area contributed by atoms with Gasteiger partial charge >= 0.3 is 0 Å². The average Bonchev–Trinajstić information content (AvgIpc) is 2.60. The Morgan fingerprint density at radius 3 is 2.79 bits per heavy atom. The van der Waals surface area contributed by atoms with Crippen LogP contribution in [0.1, 0.15) is 25.3 Å². The van der Waals surface area contributed by atoms with E-state index in [0.29, 0.717) is 29.8 Å². The molecule has 0 saturated heterocycles. The molecule has 0 aliphatic rings. The Hall–Kier alpha value is -2.27. The monoisotopic (exact) mass is 348 g/mol. The van der Waals surface area contributed by atoms with Gasteiger partial charge in [-0.05, 0) is 24.6 Å². The predicted molar refractivity (Wildman–Crippen MR) is 93.4 cm³/mol. The third-order valence-electron chi connectivity index (χ3n) is 3.19. The van der Waals surface area contributed by atoms with Crippen LogP contribution in [0.2, 0.25) is 5.02 Å². The summed E-state index contributed by atoms with van der Waals surface area (Å²) < 4.78 is 11.1. The maximum atomic E-state index is 11.9. The maximum Gasteiger partial charge on any atom is 0.223 e. The quantitative estimate of drug-likeness (QED) is 0.752. The van der Waals surface area contributed by atoms with Gasteiger partial charge in [0.1, 0.15) is 5.75 Å². The van der Waals surface area contributed by atoms with Crippen LogP contribution in [0.5, 0.6) is 11.6 Å². The first-order valence-electron chi connectivity index (χ1n) is 7.91. The van der Waals surface area contributed by atoms with E-state index < -0.39 is 0 Å². The van der Waals surface area contributed by atoms with Gasteiger partial charge in [-0.1, -0.05) is 36.7 Å². The van der Waals surface area contributed by atoms with E-state index in [1.807, 2.05) is 31.2 Å². The van der Waals surface area contributed by atoms with Gasteiger partial charge in [-0.25, -0.2) is 4.98 Å². The summed E-state index contributed by atoms with van der Waals surface area (Å²) >= 11 is 5.99. The van der Waals surface area contributed by atoms with Gasteiger partial charge in [0.2, 0.25) is 11.8 Å². The molecule has 5 nitrogen and oxygen atoms in total. The predicted octanol–water partition coefficient (Wildman–Crippen LogP) is 3.61. The molecule has 0 atom stereocenters. The Kier molecular flexibility index (Phi) is 7.36. The van der Waals surface area contributed by atoms with Crippen molar-refractivity contribution in [1.82, 2.24) is 10.3 Å². The molecule has 6 heteroatoms. The van der Waals surface area contributed by atoms with E-state index >= 15 is 0 Å². The van der Waals surface area contributed by atoms with Gasteiger partial charge in [-0.15, -0.1) is 0 Å². The van der Waals surface area contributed by atoms with Gasteiger partial charge in [0.15, 0.2) is 0 Å². The SMILES string of the molecule is CCCOc1ncccc1CNC(=O)CCOc1ccccc1Cl. The van der Waals surface area contributed by atoms with Crippen molar-refractivity contribution in [3.05, 3.63) is 53.2 Å². The second kappa shape index (κ2) is 9.78. The number of carbonyl (C=O) groups excluding carboxylic acids is 1. The molecular formula is C18H21ClN2O3. The zero-order chi connectivity index (χ0) is 17.2. The summed E-state index contributed by atoms with van der Waals surface area (Å²) in [7, 11) is 0. The lowest BCUT2D eigenvalue weighted by Gasteiger charge is -2.11. The molecule has 1 aromatic carbocycles. The van der Waals surface area contributed by atoms with Gasteiger partial charge in [0, 0.05) is 18.3 Å². The van der Waals surface area contributed by atoms with Crippen molar-refractivity contribution >= 4 is 17.5 Å². The smallest absolute Gasteiger partial charge is 0.223 e. The number of amides is 1. The second-order valence-corrected chi connectivity index (χ2v) is 5.53. The molecule has 2 rings (SSSR count). The van der Waals surface area contributed by atoms with E-state index in [9.17, 15) is 4.79 Å². The van der Waals surface area contributed by atoms with Crippen LogP contribution in [0.15, 0.2) is 42.6 Å². The molecule has 0 saturated carbocycles. The molecule has 128 valence electrons. The first-order chi connectivity index (χ1) is 11.7. The fourth-order valence-electron chi connectivity index (χ4n) is 1.99. The minimum atomic E-state index is -0.104. The number of hydrogen-bond donors (Lipinski definition) is 1. The first-order valence-corrected chi connectivity index (χ1v) is 8.29. The first kappa shape index (κ1) is 18.1. The summed E-state index contributed by atoms with van der Waals surface area (Å²) in [5.41, 5.74) is 0.853. The number of benzene rings is 1. The van der Waals surface area contributed by atoms with Gasteiger partial charge in [0.25, 0.3) is 0 Å². The van der Waals surface area contributed by atoms with Crippen molar-refractivity contribution in [1.29, 1.82) is 0 Å². The molecule has 0 aliphatic carbocycles. The summed E-state index contributed by atoms with van der Waals surface area (Å²) in [5, 5.41) is 3.38. The lowest BCUT2D eigenvalue weighted by atomic mass is 10.2. The summed E-state index contributed by atoms with van der Waals surface area (Å²) in [6.07, 6.45) is 2.83. The molecule has 0 spiro atoms. The molecule has 0 radical (unpaired) electrons. The number of nitrogens with zero attached hydrogens (tertiary/aromatic N) is 1. The molecule has 2 aromatic rings. The van der Waals surface area contributed by atoms with E-state index in [1.165, 1.54) is 0 Å². The number of para-hydroxylation sites is 1. The Bertz CT molecular complexity index is 664. The lowest BCUT2D eigenvalue weighted by molar-refractivity contribution is -0.121. The molecule has 24 heavy (non-hydrogen) atoms. The van der Waals surface area contributed by atoms with Crippen molar-refractivity contribution in [2.24, 2.45) is 0 Å². The number of halogens is 1. The van der Waals surface area contributed by atoms with E-state index in [0.717, 1.165) is 12.0 Å². The zero-order valence-corrected chi connectivity index (χ0v) is 14.4. The average molecular weight is 349 g/mol. The third kappa shape index (κ3) is 5.74. The Morgan fingerprint density at radius 2 is 2.00 bits per heavy atom. The van der Waals surface area contributed by atoms with Crippen LogP contribution in [0.25, 0.3) is 0 Å². The van der Waals surface area contributed by atoms with Crippen LogP contribution in [0, 0.1) is 0 Å². The second-order valence-electron chi connectivity index (χ2n) is 5.12. The van der Waals surface area contributed by atoms with Crippen LogP contribution >= 0.6 is 11.6 Å². The van der Waals surface area contributed by atoms with Gasteiger partial charge in [-0.2, -0.15) is 0 Å². The summed E-state index contributed by atoms with van der Waals surface area (Å²) in [6.45, 7) is 3.27. The molecule has 1 N–H and O–H groups in total. The number of ether oxygens (including phenoxy) is 2. The Morgan fingerprint density at radius 1 is 1.17 bits per heavy atom. The molecule has 0 aliphatic heterocycles. The summed E-state index contributed by atoms with van der Waals surface area (Å²) in [5.74, 6) is 1.04. The Labute approximate surface area is 147 Å². The highest BCUT2D eigenvalue weighted by molar-refractivity contribution is 6.32. The highest BCUT2D eigenvalue weighted by Gasteiger charge is 2.08. The van der Waals surface area contributed by atoms with Gasteiger partial charge in [-0.3, -0.25) is 4.79 Å². The number of aromatic nitrogens is 1. The van der Waals surface area contributed by atoms with Crippen LogP contribution in [0.3, 0.4) is 0 Å². The van der Waals surface area contributed by atoms with Crippen molar-refractivity contribution in [3.63, 3.8) is 0 Å². The van der Waals surface area contributed by atoms with E-state index in [-0.39, 0.29) is 18.9 Å². The van der Waals surface area contributed by atoms with Crippen LogP contribution in [-0.4, -0.2) is 24.1 Å². The molecular weight excluding hydrogens is 328 g/mol. The minimum absolute atomic E-state index is 0.104. The molecule has 1 heterocycles. The fraction of sp³-hybridized carbons (Fsp3) is 0.333. The third-order valence-corrected chi connectivity index (χ3v) is 3.50. The highest BCUT2D eigenvalue weighted by Crippen LogP contribution is 2.23. The summed E-state index contributed by atoms with van der Waals surface area (Å²) in [6, 6.07) is 10.9. The lowest BCUT2D eigenvalue weighted by Crippen LogP contribution is -2.24. The molecule has 0 bridgehead atoms. The van der Waals surface area contributed by atoms with Gasteiger partial charge in [0.05, 0.1) is 24.7 Å². The van der Waals surface area contributed by atoms with Crippen molar-refractivity contribution in [2.45, 2.75) is 26.3 Å². The van der Waals surface area contributed by atoms with E-state index in [2.05, 4.69) is 10.3 Å². The maximum absolute atomic E-state index is 11.9. The number of carbonyl (C=O) groups is 1. The standard InChI is InChI=1S/C18H21ClN2O3/c1-2-11-24-18-14(6-5-10-20-18)13-21-17(22)9-12-23-16-8-4-3-7-15(16)19/h3-8,10H,2,9,11-13H2,1H3,(H,21,22). The molecule has 1 amide bonds. The largest absolute Gasteiger partial charge is 0.491 e. The number of rotatable bonds is 9. The molecule has 1 aromatic heterocycles.